The van der Waals surface area contributed by atoms with E-state index in [9.17, 15) is 23.3 Å². The van der Waals surface area contributed by atoms with Gasteiger partial charge in [-0.1, -0.05) is 54.6 Å². The van der Waals surface area contributed by atoms with Gasteiger partial charge in [0.25, 0.3) is 15.7 Å². The van der Waals surface area contributed by atoms with Gasteiger partial charge in [0.15, 0.2) is 0 Å². The molecular weight excluding hydrogens is 492 g/mol. The van der Waals surface area contributed by atoms with Crippen LogP contribution in [0.3, 0.4) is 0 Å². The second-order valence-electron chi connectivity index (χ2n) is 8.60. The zero-order valence-electron chi connectivity index (χ0n) is 20.4. The van der Waals surface area contributed by atoms with Gasteiger partial charge < -0.3 is 4.74 Å². The molecule has 190 valence electrons. The summed E-state index contributed by atoms with van der Waals surface area (Å²) in [4.78, 5) is 23.6. The number of nitro benzene ring substituents is 1. The van der Waals surface area contributed by atoms with E-state index in [4.69, 9.17) is 4.74 Å². The average molecular weight is 519 g/mol. The lowest BCUT2D eigenvalue weighted by Gasteiger charge is -2.32. The summed E-state index contributed by atoms with van der Waals surface area (Å²) in [5, 5.41) is 11.2. The number of esters is 1. The predicted molar refractivity (Wildman–Crippen MR) is 140 cm³/mol. The molecule has 0 spiro atoms. The molecule has 9 heteroatoms. The third-order valence-corrected chi connectivity index (χ3v) is 8.01. The van der Waals surface area contributed by atoms with Crippen molar-refractivity contribution in [2.24, 2.45) is 0 Å². The summed E-state index contributed by atoms with van der Waals surface area (Å²) in [5.74, 6) is -1.26. The van der Waals surface area contributed by atoms with E-state index in [1.807, 2.05) is 37.3 Å². The van der Waals surface area contributed by atoms with Gasteiger partial charge in [-0.05, 0) is 55.3 Å². The van der Waals surface area contributed by atoms with Crippen LogP contribution < -0.4 is 0 Å². The Morgan fingerprint density at radius 3 is 2.22 bits per heavy atom. The molecule has 0 aliphatic carbocycles. The van der Waals surface area contributed by atoms with E-state index in [0.29, 0.717) is 11.3 Å². The number of nitrogens with zero attached hydrogens (tertiary/aromatic N) is 2. The van der Waals surface area contributed by atoms with Gasteiger partial charge in [0.1, 0.15) is 0 Å². The van der Waals surface area contributed by atoms with Crippen molar-refractivity contribution in [3.8, 4) is 0 Å². The number of hydrogen-bond donors (Lipinski definition) is 0. The smallest absolute Gasteiger partial charge is 0.335 e. The molecule has 0 unspecified atom stereocenters. The predicted octanol–water partition coefficient (Wildman–Crippen LogP) is 5.22. The van der Waals surface area contributed by atoms with E-state index < -0.39 is 32.9 Å². The Kier molecular flexibility index (Phi) is 7.26. The summed E-state index contributed by atoms with van der Waals surface area (Å²) < 4.78 is 34.7. The fourth-order valence-electron chi connectivity index (χ4n) is 4.37. The Morgan fingerprint density at radius 1 is 1.03 bits per heavy atom. The van der Waals surface area contributed by atoms with E-state index in [0.717, 1.165) is 11.1 Å². The van der Waals surface area contributed by atoms with Crippen molar-refractivity contribution < 1.29 is 22.9 Å². The third kappa shape index (κ3) is 5.03. The van der Waals surface area contributed by atoms with Gasteiger partial charge in [-0.25, -0.2) is 13.2 Å². The number of sulfonamides is 1. The highest BCUT2D eigenvalue weighted by molar-refractivity contribution is 7.89. The molecule has 1 aliphatic rings. The summed E-state index contributed by atoms with van der Waals surface area (Å²) in [6, 6.07) is 20.2. The average Bonchev–Trinajstić information content (AvgIpc) is 3.31. The Morgan fingerprint density at radius 2 is 1.65 bits per heavy atom. The van der Waals surface area contributed by atoms with Crippen LogP contribution in [0.15, 0.2) is 102 Å². The second-order valence-corrected chi connectivity index (χ2v) is 10.4. The molecule has 0 saturated heterocycles. The first kappa shape index (κ1) is 25.8. The van der Waals surface area contributed by atoms with Gasteiger partial charge in [-0.15, -0.1) is 0 Å². The van der Waals surface area contributed by atoms with Crippen molar-refractivity contribution in [3.05, 3.63) is 124 Å². The van der Waals surface area contributed by atoms with Crippen LogP contribution in [0.5, 0.6) is 0 Å². The van der Waals surface area contributed by atoms with Crippen LogP contribution in [0.25, 0.3) is 5.70 Å². The molecular formula is C28H26N2O6S. The number of non-ortho nitro benzene ring substituents is 1. The van der Waals surface area contributed by atoms with Crippen molar-refractivity contribution in [2.75, 3.05) is 6.61 Å². The minimum Gasteiger partial charge on any atom is -0.463 e. The maximum absolute atomic E-state index is 14.2. The molecule has 8 nitrogen and oxygen atoms in total. The maximum Gasteiger partial charge on any atom is 0.335 e. The van der Waals surface area contributed by atoms with Crippen molar-refractivity contribution in [1.82, 2.24) is 4.31 Å². The molecule has 3 aromatic carbocycles. The van der Waals surface area contributed by atoms with Crippen LogP contribution in [0, 0.1) is 17.0 Å². The molecule has 1 heterocycles. The highest BCUT2D eigenvalue weighted by Gasteiger charge is 2.46. The van der Waals surface area contributed by atoms with Gasteiger partial charge in [-0.3, -0.25) is 14.4 Å². The largest absolute Gasteiger partial charge is 0.463 e. The molecule has 0 radical (unpaired) electrons. The van der Waals surface area contributed by atoms with Crippen molar-refractivity contribution in [1.29, 1.82) is 0 Å². The van der Waals surface area contributed by atoms with Gasteiger partial charge in [0, 0.05) is 18.1 Å². The van der Waals surface area contributed by atoms with Crippen molar-refractivity contribution >= 4 is 27.4 Å². The number of aryl methyl sites for hydroxylation is 1. The van der Waals surface area contributed by atoms with Crippen molar-refractivity contribution in [3.63, 3.8) is 0 Å². The first-order chi connectivity index (χ1) is 17.6. The first-order valence-electron chi connectivity index (χ1n) is 11.6. The van der Waals surface area contributed by atoms with Gasteiger partial charge in [-0.2, -0.15) is 0 Å². The summed E-state index contributed by atoms with van der Waals surface area (Å²) in [6.07, 6.45) is 1.76. The summed E-state index contributed by atoms with van der Waals surface area (Å²) in [5.41, 5.74) is 2.27. The van der Waals surface area contributed by atoms with E-state index in [1.54, 1.807) is 25.1 Å². The van der Waals surface area contributed by atoms with E-state index in [-0.39, 0.29) is 22.8 Å². The quantitative estimate of drug-likeness (QED) is 0.175. The topological polar surface area (TPSA) is 107 Å². The molecule has 0 aromatic heterocycles. The fourth-order valence-corrected chi connectivity index (χ4v) is 6.06. The Bertz CT molecular complexity index is 1460. The molecule has 0 amide bonds. The zero-order chi connectivity index (χ0) is 26.7. The standard InChI is InChI=1S/C28H26N2O6S/c1-4-36-28(31)20(3)27-25(21-8-6-5-7-9-21)18-26(22-12-14-23(15-13-22)30(32)33)29(27)37(34,35)24-16-10-19(2)11-17-24/h5-18,25,27H,3-4H2,1-2H3/t25-,27-/m1/s1. The SMILES string of the molecule is C=C(C(=O)OCC)[C@@H]1[C@@H](c2ccccc2)C=C(c2ccc([N+](=O)[O-])cc2)N1S(=O)(=O)c1ccc(C)cc1. The van der Waals surface area contributed by atoms with Gasteiger partial charge in [0.2, 0.25) is 0 Å². The lowest BCUT2D eigenvalue weighted by Crippen LogP contribution is -2.41. The van der Waals surface area contributed by atoms with E-state index in [1.165, 1.54) is 40.7 Å². The molecule has 0 saturated carbocycles. The highest BCUT2D eigenvalue weighted by atomic mass is 32.2. The number of nitro groups is 1. The number of carbonyl (C=O) groups is 1. The van der Waals surface area contributed by atoms with Crippen LogP contribution in [0.2, 0.25) is 0 Å². The fraction of sp³-hybridized carbons (Fsp3) is 0.179. The molecule has 2 atom stereocenters. The lowest BCUT2D eigenvalue weighted by atomic mass is 9.89. The Hall–Kier alpha value is -4.24. The molecule has 0 N–H and O–H groups in total. The monoisotopic (exact) mass is 518 g/mol. The molecule has 3 aromatic rings. The van der Waals surface area contributed by atoms with E-state index in [2.05, 4.69) is 6.58 Å². The van der Waals surface area contributed by atoms with Crippen molar-refractivity contribution in [2.45, 2.75) is 30.7 Å². The summed E-state index contributed by atoms with van der Waals surface area (Å²) in [6.45, 7) is 7.58. The zero-order valence-corrected chi connectivity index (χ0v) is 21.2. The Balaban J connectivity index is 1.94. The second kappa shape index (κ2) is 10.4. The number of ether oxygens (including phenoxy) is 1. The van der Waals surface area contributed by atoms with Crippen LogP contribution in [0.1, 0.15) is 29.5 Å². The lowest BCUT2D eigenvalue weighted by molar-refractivity contribution is -0.384. The number of benzene rings is 3. The Labute approximate surface area is 215 Å². The molecule has 0 fully saturated rings. The number of rotatable bonds is 8. The minimum atomic E-state index is -4.20. The number of carbonyl (C=O) groups excluding carboxylic acids is 1. The van der Waals surface area contributed by atoms with Crippen LogP contribution >= 0.6 is 0 Å². The molecule has 4 rings (SSSR count). The van der Waals surface area contributed by atoms with Gasteiger partial charge in [0.05, 0.1) is 33.7 Å². The van der Waals surface area contributed by atoms with Gasteiger partial charge >= 0.3 is 5.97 Å². The molecule has 0 bridgehead atoms. The molecule has 37 heavy (non-hydrogen) atoms. The molecule has 1 aliphatic heterocycles. The van der Waals surface area contributed by atoms with Crippen LogP contribution in [-0.2, 0) is 19.6 Å². The summed E-state index contributed by atoms with van der Waals surface area (Å²) in [7, 11) is -4.20. The summed E-state index contributed by atoms with van der Waals surface area (Å²) >= 11 is 0. The third-order valence-electron chi connectivity index (χ3n) is 6.20. The van der Waals surface area contributed by atoms with Crippen LogP contribution in [0.4, 0.5) is 5.69 Å². The maximum atomic E-state index is 14.2. The minimum absolute atomic E-state index is 0.0143. The first-order valence-corrected chi connectivity index (χ1v) is 13.1. The normalized spacial score (nSPS) is 17.2. The highest BCUT2D eigenvalue weighted by Crippen LogP contribution is 2.45. The number of hydrogen-bond acceptors (Lipinski definition) is 6. The van der Waals surface area contributed by atoms with E-state index >= 15 is 0 Å². The van der Waals surface area contributed by atoms with Crippen LogP contribution in [-0.4, -0.2) is 36.3 Å².